The van der Waals surface area contributed by atoms with Crippen LogP contribution in [0.5, 0.6) is 0 Å². The Morgan fingerprint density at radius 2 is 1.73 bits per heavy atom. The molecule has 1 N–H and O–H groups in total. The number of rotatable bonds is 10. The number of hydrogen-bond acceptors (Lipinski definition) is 1. The van der Waals surface area contributed by atoms with Gasteiger partial charge in [-0.15, -0.1) is 0 Å². The summed E-state index contributed by atoms with van der Waals surface area (Å²) in [6.45, 7) is 6.86. The Morgan fingerprint density at radius 1 is 1.07 bits per heavy atom. The van der Waals surface area contributed by atoms with Crippen molar-refractivity contribution in [3.05, 3.63) is 0 Å². The molecule has 0 fully saturated rings. The number of unbranched alkanes of at least 4 members (excludes halogenated alkanes) is 1. The molecule has 0 aliphatic carbocycles. The summed E-state index contributed by atoms with van der Waals surface area (Å²) in [6, 6.07) is 0. The number of nitrogens with one attached hydrogen (secondary N) is 1. The average Bonchev–Trinajstić information content (AvgIpc) is 2.23. The summed E-state index contributed by atoms with van der Waals surface area (Å²) in [4.78, 5) is 0. The summed E-state index contributed by atoms with van der Waals surface area (Å²) in [5, 5.41) is 7.04. The molecule has 0 saturated heterocycles. The molecule has 0 rings (SSSR count). The van der Waals surface area contributed by atoms with Gasteiger partial charge in [-0.2, -0.15) is 0 Å². The van der Waals surface area contributed by atoms with E-state index in [2.05, 4.69) is 20.8 Å². The van der Waals surface area contributed by atoms with Crippen molar-refractivity contribution in [2.24, 2.45) is 11.8 Å². The lowest BCUT2D eigenvalue weighted by molar-refractivity contribution is 0.398. The Kier molecular flexibility index (Phi) is 9.97. The molecule has 0 aliphatic rings. The molecule has 1 unspecified atom stereocenters. The topological polar surface area (TPSA) is 23.9 Å². The van der Waals surface area contributed by atoms with E-state index in [1.54, 1.807) is 6.21 Å². The van der Waals surface area contributed by atoms with Gasteiger partial charge in [0.05, 0.1) is 0 Å². The van der Waals surface area contributed by atoms with Crippen molar-refractivity contribution in [3.63, 3.8) is 0 Å². The van der Waals surface area contributed by atoms with Crippen LogP contribution in [0.3, 0.4) is 0 Å². The third-order valence-electron chi connectivity index (χ3n) is 3.35. The van der Waals surface area contributed by atoms with Crippen molar-refractivity contribution in [1.29, 1.82) is 5.41 Å². The van der Waals surface area contributed by atoms with Crippen LogP contribution >= 0.6 is 0 Å². The Hall–Kier alpha value is -0.330. The van der Waals surface area contributed by atoms with Gasteiger partial charge < -0.3 is 5.41 Å². The summed E-state index contributed by atoms with van der Waals surface area (Å²) < 4.78 is 0. The van der Waals surface area contributed by atoms with E-state index in [9.17, 15) is 0 Å². The van der Waals surface area contributed by atoms with Crippen molar-refractivity contribution in [2.45, 2.75) is 72.1 Å². The maximum absolute atomic E-state index is 7.04. The van der Waals surface area contributed by atoms with E-state index < -0.39 is 0 Å². The zero-order chi connectivity index (χ0) is 11.5. The van der Waals surface area contributed by atoms with Crippen molar-refractivity contribution < 1.29 is 0 Å². The summed E-state index contributed by atoms with van der Waals surface area (Å²) in [6.07, 6.45) is 12.1. The van der Waals surface area contributed by atoms with Gasteiger partial charge in [-0.25, -0.2) is 0 Å². The van der Waals surface area contributed by atoms with Crippen molar-refractivity contribution in [2.75, 3.05) is 0 Å². The maximum Gasteiger partial charge on any atom is -0.00451 e. The van der Waals surface area contributed by atoms with Gasteiger partial charge in [-0.3, -0.25) is 0 Å². The largest absolute Gasteiger partial charge is 0.313 e. The number of hydrogen-bond donors (Lipinski definition) is 1. The standard InChI is InChI=1S/C14H29N/c1-4-8-14(5-2)10-7-6-9-13(3)11-12-15/h12-15H,4-11H2,1-3H3/t13-,14?/m0/s1. The lowest BCUT2D eigenvalue weighted by Crippen LogP contribution is -2.00. The normalized spacial score (nSPS) is 14.9. The van der Waals surface area contributed by atoms with E-state index in [0.29, 0.717) is 5.92 Å². The minimum absolute atomic E-state index is 0.716. The first kappa shape index (κ1) is 14.7. The SMILES string of the molecule is CCCC(CC)CCCC[C@H](C)CC=N. The van der Waals surface area contributed by atoms with Gasteiger partial charge in [0.25, 0.3) is 0 Å². The van der Waals surface area contributed by atoms with E-state index >= 15 is 0 Å². The van der Waals surface area contributed by atoms with E-state index in [4.69, 9.17) is 5.41 Å². The molecule has 0 saturated carbocycles. The van der Waals surface area contributed by atoms with Crippen LogP contribution in [0.2, 0.25) is 0 Å². The third kappa shape index (κ3) is 8.65. The van der Waals surface area contributed by atoms with E-state index in [-0.39, 0.29) is 0 Å². The van der Waals surface area contributed by atoms with Crippen molar-refractivity contribution in [3.8, 4) is 0 Å². The predicted molar refractivity (Wildman–Crippen MR) is 69.7 cm³/mol. The second-order valence-corrected chi connectivity index (χ2v) is 4.89. The molecule has 0 spiro atoms. The molecule has 90 valence electrons. The van der Waals surface area contributed by atoms with Crippen LogP contribution in [0, 0.1) is 17.2 Å². The lowest BCUT2D eigenvalue weighted by Gasteiger charge is -2.14. The Bertz CT molecular complexity index is 142. The van der Waals surface area contributed by atoms with Gasteiger partial charge in [0.15, 0.2) is 0 Å². The fourth-order valence-electron chi connectivity index (χ4n) is 2.21. The fourth-order valence-corrected chi connectivity index (χ4v) is 2.21. The Balaban J connectivity index is 3.38. The first-order chi connectivity index (χ1) is 7.24. The van der Waals surface area contributed by atoms with Crippen LogP contribution in [-0.4, -0.2) is 6.21 Å². The second-order valence-electron chi connectivity index (χ2n) is 4.89. The smallest absolute Gasteiger partial charge is 0.00451 e. The first-order valence-electron chi connectivity index (χ1n) is 6.73. The minimum Gasteiger partial charge on any atom is -0.313 e. The van der Waals surface area contributed by atoms with E-state index in [1.165, 1.54) is 44.9 Å². The van der Waals surface area contributed by atoms with Gasteiger partial charge in [0, 0.05) is 0 Å². The molecular weight excluding hydrogens is 182 g/mol. The average molecular weight is 211 g/mol. The van der Waals surface area contributed by atoms with Gasteiger partial charge in [-0.05, 0) is 24.5 Å². The fraction of sp³-hybridized carbons (Fsp3) is 0.929. The van der Waals surface area contributed by atoms with Crippen molar-refractivity contribution in [1.82, 2.24) is 0 Å². The maximum atomic E-state index is 7.04. The molecule has 0 aromatic rings. The first-order valence-corrected chi connectivity index (χ1v) is 6.73. The van der Waals surface area contributed by atoms with Gasteiger partial charge >= 0.3 is 0 Å². The zero-order valence-corrected chi connectivity index (χ0v) is 10.9. The van der Waals surface area contributed by atoms with Gasteiger partial charge in [0.2, 0.25) is 0 Å². The Morgan fingerprint density at radius 3 is 2.27 bits per heavy atom. The molecule has 0 radical (unpaired) electrons. The highest BCUT2D eigenvalue weighted by Gasteiger charge is 2.05. The van der Waals surface area contributed by atoms with Crippen LogP contribution in [0.4, 0.5) is 0 Å². The quantitative estimate of drug-likeness (QED) is 0.386. The monoisotopic (exact) mass is 211 g/mol. The van der Waals surface area contributed by atoms with Crippen LogP contribution in [0.15, 0.2) is 0 Å². The summed E-state index contributed by atoms with van der Waals surface area (Å²) in [7, 11) is 0. The summed E-state index contributed by atoms with van der Waals surface area (Å²) in [5.41, 5.74) is 0. The predicted octanol–water partition coefficient (Wildman–Crippen LogP) is 5.05. The highest BCUT2D eigenvalue weighted by molar-refractivity contribution is 5.53. The van der Waals surface area contributed by atoms with Crippen molar-refractivity contribution >= 4 is 6.21 Å². The highest BCUT2D eigenvalue weighted by atomic mass is 14.3. The van der Waals surface area contributed by atoms with Gasteiger partial charge in [-0.1, -0.05) is 65.7 Å². The molecule has 0 amide bonds. The summed E-state index contributed by atoms with van der Waals surface area (Å²) in [5.74, 6) is 1.68. The molecule has 1 heteroatoms. The molecule has 0 aromatic carbocycles. The lowest BCUT2D eigenvalue weighted by atomic mass is 9.92. The molecule has 2 atom stereocenters. The zero-order valence-electron chi connectivity index (χ0n) is 10.9. The third-order valence-corrected chi connectivity index (χ3v) is 3.35. The van der Waals surface area contributed by atoms with E-state index in [1.807, 2.05) is 0 Å². The van der Waals surface area contributed by atoms with Crippen LogP contribution in [-0.2, 0) is 0 Å². The second kappa shape index (κ2) is 10.2. The van der Waals surface area contributed by atoms with E-state index in [0.717, 1.165) is 12.3 Å². The van der Waals surface area contributed by atoms with Crippen LogP contribution < -0.4 is 0 Å². The molecule has 1 nitrogen and oxygen atoms in total. The molecule has 15 heavy (non-hydrogen) atoms. The minimum atomic E-state index is 0.716. The molecule has 0 bridgehead atoms. The van der Waals surface area contributed by atoms with Gasteiger partial charge in [0.1, 0.15) is 0 Å². The Labute approximate surface area is 96.2 Å². The molecular formula is C14H29N. The highest BCUT2D eigenvalue weighted by Crippen LogP contribution is 2.20. The molecule has 0 aliphatic heterocycles. The summed E-state index contributed by atoms with van der Waals surface area (Å²) >= 11 is 0. The molecule has 0 heterocycles. The molecule has 0 aromatic heterocycles. The van der Waals surface area contributed by atoms with Crippen LogP contribution in [0.1, 0.15) is 72.1 Å². The van der Waals surface area contributed by atoms with Crippen LogP contribution in [0.25, 0.3) is 0 Å².